The number of imide groups is 1. The predicted molar refractivity (Wildman–Crippen MR) is 102 cm³/mol. The number of carbonyl (C=O) groups is 4. The fraction of sp³-hybridized carbons (Fsp3) is 0.158. The van der Waals surface area contributed by atoms with Crippen LogP contribution in [0, 0.1) is 10.1 Å². The minimum Gasteiger partial charge on any atom is -0.456 e. The van der Waals surface area contributed by atoms with E-state index >= 15 is 0 Å². The number of benzene rings is 2. The third-order valence-electron chi connectivity index (χ3n) is 4.36. The molecule has 29 heavy (non-hydrogen) atoms. The van der Waals surface area contributed by atoms with E-state index in [9.17, 15) is 29.3 Å². The van der Waals surface area contributed by atoms with Crippen LogP contribution in [0.4, 0.5) is 5.69 Å². The van der Waals surface area contributed by atoms with E-state index in [0.29, 0.717) is 10.5 Å². The van der Waals surface area contributed by atoms with Crippen molar-refractivity contribution in [3.63, 3.8) is 0 Å². The van der Waals surface area contributed by atoms with Gasteiger partial charge in [0.05, 0.1) is 10.5 Å². The van der Waals surface area contributed by atoms with E-state index < -0.39 is 46.8 Å². The Hall–Kier alpha value is -3.40. The SMILES string of the molecule is C[C@H](C(=O)OCC(=O)c1ccc(Br)cc1)N1C(=O)c2cccc([N+](=O)[O-])c2C1=O. The summed E-state index contributed by atoms with van der Waals surface area (Å²) in [5.74, 6) is -3.23. The minimum atomic E-state index is -1.36. The van der Waals surface area contributed by atoms with Gasteiger partial charge in [-0.25, -0.2) is 4.79 Å². The highest BCUT2D eigenvalue weighted by Gasteiger charge is 2.45. The molecule has 0 spiro atoms. The monoisotopic (exact) mass is 460 g/mol. The fourth-order valence-corrected chi connectivity index (χ4v) is 3.14. The molecule has 148 valence electrons. The van der Waals surface area contributed by atoms with Gasteiger partial charge in [0.1, 0.15) is 11.6 Å². The summed E-state index contributed by atoms with van der Waals surface area (Å²) in [6, 6.07) is 8.71. The van der Waals surface area contributed by atoms with Crippen LogP contribution >= 0.6 is 15.9 Å². The van der Waals surface area contributed by atoms with Crippen LogP contribution in [0.1, 0.15) is 38.0 Å². The van der Waals surface area contributed by atoms with Gasteiger partial charge >= 0.3 is 5.97 Å². The highest BCUT2D eigenvalue weighted by Crippen LogP contribution is 2.32. The third kappa shape index (κ3) is 3.79. The number of nitro benzene ring substituents is 1. The molecule has 0 unspecified atom stereocenters. The molecule has 1 aliphatic rings. The first-order valence-corrected chi connectivity index (χ1v) is 9.12. The van der Waals surface area contributed by atoms with Crippen LogP contribution in [0.3, 0.4) is 0 Å². The number of amides is 2. The van der Waals surface area contributed by atoms with Crippen molar-refractivity contribution in [2.24, 2.45) is 0 Å². The maximum atomic E-state index is 12.6. The van der Waals surface area contributed by atoms with Crippen molar-refractivity contribution in [2.75, 3.05) is 6.61 Å². The highest BCUT2D eigenvalue weighted by molar-refractivity contribution is 9.10. The molecule has 1 atom stereocenters. The van der Waals surface area contributed by atoms with E-state index in [1.54, 1.807) is 24.3 Å². The van der Waals surface area contributed by atoms with Crippen LogP contribution in [-0.2, 0) is 9.53 Å². The molecule has 1 aliphatic heterocycles. The van der Waals surface area contributed by atoms with Crippen molar-refractivity contribution in [1.82, 2.24) is 4.90 Å². The van der Waals surface area contributed by atoms with Crippen molar-refractivity contribution in [3.8, 4) is 0 Å². The van der Waals surface area contributed by atoms with Crippen molar-refractivity contribution < 1.29 is 28.8 Å². The number of nitrogens with zero attached hydrogens (tertiary/aromatic N) is 2. The molecule has 2 aromatic carbocycles. The molecule has 2 aromatic rings. The molecular formula is C19H13BrN2O7. The zero-order valence-electron chi connectivity index (χ0n) is 15.0. The van der Waals surface area contributed by atoms with Crippen LogP contribution in [-0.4, -0.2) is 46.0 Å². The number of hydrogen-bond acceptors (Lipinski definition) is 7. The standard InChI is InChI=1S/C19H13BrN2O7/c1-10(19(26)29-9-15(23)11-5-7-12(20)8-6-11)21-17(24)13-3-2-4-14(22(27)28)16(13)18(21)25/h2-8,10H,9H2,1H3/t10-/m1/s1. The molecular weight excluding hydrogens is 448 g/mol. The fourth-order valence-electron chi connectivity index (χ4n) is 2.87. The summed E-state index contributed by atoms with van der Waals surface area (Å²) in [6.45, 7) is 0.675. The zero-order chi connectivity index (χ0) is 21.3. The molecule has 0 aliphatic carbocycles. The van der Waals surface area contributed by atoms with Gasteiger partial charge in [0.15, 0.2) is 12.4 Å². The second kappa shape index (κ2) is 7.92. The van der Waals surface area contributed by atoms with E-state index in [-0.39, 0.29) is 11.1 Å². The zero-order valence-corrected chi connectivity index (χ0v) is 16.5. The van der Waals surface area contributed by atoms with Crippen molar-refractivity contribution in [1.29, 1.82) is 0 Å². The summed E-state index contributed by atoms with van der Waals surface area (Å²) in [7, 11) is 0. The first-order valence-electron chi connectivity index (χ1n) is 8.33. The maximum Gasteiger partial charge on any atom is 0.329 e. The van der Waals surface area contributed by atoms with Crippen molar-refractivity contribution in [2.45, 2.75) is 13.0 Å². The number of hydrogen-bond donors (Lipinski definition) is 0. The molecule has 0 radical (unpaired) electrons. The third-order valence-corrected chi connectivity index (χ3v) is 4.89. The Kier molecular flexibility index (Phi) is 5.55. The number of Topliss-reactive ketones (excluding diaryl/α,β-unsaturated/α-hetero) is 1. The Morgan fingerprint density at radius 1 is 1.14 bits per heavy atom. The number of ketones is 1. The summed E-state index contributed by atoms with van der Waals surface area (Å²) in [6.07, 6.45) is 0. The van der Waals surface area contributed by atoms with E-state index in [1.165, 1.54) is 19.1 Å². The van der Waals surface area contributed by atoms with E-state index in [2.05, 4.69) is 15.9 Å². The van der Waals surface area contributed by atoms with Gasteiger partial charge in [-0.05, 0) is 25.1 Å². The molecule has 0 bridgehead atoms. The number of ether oxygens (including phenoxy) is 1. The quantitative estimate of drug-likeness (QED) is 0.213. The van der Waals surface area contributed by atoms with Crippen LogP contribution in [0.15, 0.2) is 46.9 Å². The molecule has 9 nitrogen and oxygen atoms in total. The van der Waals surface area contributed by atoms with Crippen LogP contribution in [0.2, 0.25) is 0 Å². The molecule has 1 heterocycles. The Morgan fingerprint density at radius 3 is 2.41 bits per heavy atom. The van der Waals surface area contributed by atoms with E-state index in [1.807, 2.05) is 0 Å². The lowest BCUT2D eigenvalue weighted by atomic mass is 10.1. The lowest BCUT2D eigenvalue weighted by molar-refractivity contribution is -0.385. The highest BCUT2D eigenvalue weighted by atomic mass is 79.9. The second-order valence-electron chi connectivity index (χ2n) is 6.15. The van der Waals surface area contributed by atoms with Crippen molar-refractivity contribution in [3.05, 3.63) is 73.7 Å². The Morgan fingerprint density at radius 2 is 1.79 bits per heavy atom. The molecule has 0 aromatic heterocycles. The van der Waals surface area contributed by atoms with Crippen LogP contribution in [0.5, 0.6) is 0 Å². The maximum absolute atomic E-state index is 12.6. The second-order valence-corrected chi connectivity index (χ2v) is 7.07. The summed E-state index contributed by atoms with van der Waals surface area (Å²) >= 11 is 3.24. The van der Waals surface area contributed by atoms with E-state index in [0.717, 1.165) is 10.5 Å². The number of nitro groups is 1. The predicted octanol–water partition coefficient (Wildman–Crippen LogP) is 2.77. The lowest BCUT2D eigenvalue weighted by Gasteiger charge is -2.20. The average Bonchev–Trinajstić information content (AvgIpc) is 2.96. The number of esters is 1. The molecule has 10 heteroatoms. The number of rotatable bonds is 6. The number of fused-ring (bicyclic) bond motifs is 1. The Bertz CT molecular complexity index is 1050. The molecule has 0 fully saturated rings. The molecule has 0 N–H and O–H groups in total. The number of carbonyl (C=O) groups excluding carboxylic acids is 4. The summed E-state index contributed by atoms with van der Waals surface area (Å²) in [5, 5.41) is 11.1. The normalized spacial score (nSPS) is 13.8. The summed E-state index contributed by atoms with van der Waals surface area (Å²) < 4.78 is 5.73. The molecule has 0 saturated carbocycles. The first kappa shape index (κ1) is 20.3. The van der Waals surface area contributed by atoms with Gasteiger partial charge in [0.25, 0.3) is 17.5 Å². The van der Waals surface area contributed by atoms with Gasteiger partial charge < -0.3 is 4.74 Å². The van der Waals surface area contributed by atoms with Gasteiger partial charge in [-0.15, -0.1) is 0 Å². The first-order chi connectivity index (χ1) is 13.7. The Balaban J connectivity index is 1.73. The smallest absolute Gasteiger partial charge is 0.329 e. The molecule has 3 rings (SSSR count). The number of halogens is 1. The van der Waals surface area contributed by atoms with Crippen LogP contribution < -0.4 is 0 Å². The summed E-state index contributed by atoms with van der Waals surface area (Å²) in [4.78, 5) is 60.5. The largest absolute Gasteiger partial charge is 0.456 e. The van der Waals surface area contributed by atoms with Gasteiger partial charge in [-0.3, -0.25) is 29.4 Å². The molecule has 0 saturated heterocycles. The molecule has 2 amide bonds. The lowest BCUT2D eigenvalue weighted by Crippen LogP contribution is -2.44. The Labute approximate surface area is 172 Å². The van der Waals surface area contributed by atoms with Gasteiger partial charge in [0, 0.05) is 16.1 Å². The van der Waals surface area contributed by atoms with Gasteiger partial charge in [-0.1, -0.05) is 34.1 Å². The van der Waals surface area contributed by atoms with Crippen molar-refractivity contribution >= 4 is 45.2 Å². The van der Waals surface area contributed by atoms with Gasteiger partial charge in [-0.2, -0.15) is 0 Å². The topological polar surface area (TPSA) is 124 Å². The summed E-state index contributed by atoms with van der Waals surface area (Å²) in [5.41, 5.74) is -0.720. The minimum absolute atomic E-state index is 0.158. The van der Waals surface area contributed by atoms with Crippen LogP contribution in [0.25, 0.3) is 0 Å². The average molecular weight is 461 g/mol. The van der Waals surface area contributed by atoms with Gasteiger partial charge in [0.2, 0.25) is 0 Å². The van der Waals surface area contributed by atoms with E-state index in [4.69, 9.17) is 4.74 Å².